The van der Waals surface area contributed by atoms with Crippen LogP contribution in [0, 0.1) is 12.8 Å². The lowest BCUT2D eigenvalue weighted by Gasteiger charge is -2.27. The highest BCUT2D eigenvalue weighted by Gasteiger charge is 2.36. The molecule has 5 nitrogen and oxygen atoms in total. The minimum Gasteiger partial charge on any atom is -0.423 e. The maximum absolute atomic E-state index is 9.49. The van der Waals surface area contributed by atoms with Crippen LogP contribution in [0.1, 0.15) is 36.8 Å². The fourth-order valence-corrected chi connectivity index (χ4v) is 2.01. The van der Waals surface area contributed by atoms with Crippen LogP contribution < -0.4 is 5.73 Å². The molecule has 0 bridgehead atoms. The minimum absolute atomic E-state index is 0. The number of aliphatic hydroxyl groups is 1. The highest BCUT2D eigenvalue weighted by atomic mass is 35.5. The average Bonchev–Trinajstić information content (AvgIpc) is 2.86. The van der Waals surface area contributed by atoms with Gasteiger partial charge in [0.2, 0.25) is 11.8 Å². The van der Waals surface area contributed by atoms with Crippen LogP contribution in [-0.2, 0) is 12.0 Å². The largest absolute Gasteiger partial charge is 0.423 e. The molecule has 0 unspecified atom stereocenters. The van der Waals surface area contributed by atoms with Crippen molar-refractivity contribution in [1.29, 1.82) is 0 Å². The summed E-state index contributed by atoms with van der Waals surface area (Å²) in [5.74, 6) is 0.798. The molecule has 1 aromatic carbocycles. The molecule has 0 aliphatic rings. The Morgan fingerprint density at radius 1 is 1.33 bits per heavy atom. The molecule has 6 heteroatoms. The Hall–Kier alpha value is -1.43. The molecular formula is C15H22ClN3O2. The van der Waals surface area contributed by atoms with E-state index in [0.29, 0.717) is 12.3 Å². The fourth-order valence-electron chi connectivity index (χ4n) is 2.01. The minimum atomic E-state index is -0.988. The molecule has 0 aliphatic carbocycles. The average molecular weight is 312 g/mol. The zero-order valence-electron chi connectivity index (χ0n) is 12.5. The Kier molecular flexibility index (Phi) is 5.89. The lowest BCUT2D eigenvalue weighted by Crippen LogP contribution is -2.45. The van der Waals surface area contributed by atoms with Gasteiger partial charge in [0.15, 0.2) is 0 Å². The molecule has 2 aromatic rings. The topological polar surface area (TPSA) is 85.2 Å². The second-order valence-corrected chi connectivity index (χ2v) is 5.52. The van der Waals surface area contributed by atoms with Crippen LogP contribution in [0.2, 0.25) is 0 Å². The van der Waals surface area contributed by atoms with Crippen molar-refractivity contribution in [3.63, 3.8) is 0 Å². The lowest BCUT2D eigenvalue weighted by molar-refractivity contribution is 0.126. The van der Waals surface area contributed by atoms with E-state index in [4.69, 9.17) is 10.2 Å². The summed E-state index contributed by atoms with van der Waals surface area (Å²) >= 11 is 0. The van der Waals surface area contributed by atoms with Gasteiger partial charge in [0.25, 0.3) is 0 Å². The summed E-state index contributed by atoms with van der Waals surface area (Å²) in [6.07, 6.45) is 0.564. The van der Waals surface area contributed by atoms with E-state index in [1.165, 1.54) is 5.56 Å². The molecule has 0 radical (unpaired) electrons. The summed E-state index contributed by atoms with van der Waals surface area (Å²) in [6, 6.07) is 8.13. The second kappa shape index (κ2) is 7.02. The predicted molar refractivity (Wildman–Crippen MR) is 83.3 cm³/mol. The summed E-state index contributed by atoms with van der Waals surface area (Å²) in [5.41, 5.74) is 7.45. The number of aliphatic hydroxyl groups excluding tert-OH is 1. The number of nitrogens with two attached hydrogens (primary N) is 1. The van der Waals surface area contributed by atoms with Crippen LogP contribution >= 0.6 is 12.4 Å². The van der Waals surface area contributed by atoms with Gasteiger partial charge in [-0.3, -0.25) is 0 Å². The highest BCUT2D eigenvalue weighted by Crippen LogP contribution is 2.25. The predicted octanol–water partition coefficient (Wildman–Crippen LogP) is 2.19. The molecule has 1 atom stereocenters. The summed E-state index contributed by atoms with van der Waals surface area (Å²) in [4.78, 5) is 0. The monoisotopic (exact) mass is 311 g/mol. The van der Waals surface area contributed by atoms with Crippen molar-refractivity contribution >= 4 is 12.4 Å². The number of aromatic nitrogens is 2. The summed E-state index contributed by atoms with van der Waals surface area (Å²) in [7, 11) is 0. The number of hydrogen-bond donors (Lipinski definition) is 2. The van der Waals surface area contributed by atoms with Gasteiger partial charge < -0.3 is 15.3 Å². The van der Waals surface area contributed by atoms with Gasteiger partial charge in [-0.15, -0.1) is 22.6 Å². The fraction of sp³-hybridized carbons (Fsp3) is 0.467. The molecule has 0 fully saturated rings. The molecule has 0 saturated carbocycles. The van der Waals surface area contributed by atoms with Crippen LogP contribution in [0.4, 0.5) is 0 Å². The Morgan fingerprint density at radius 2 is 2.05 bits per heavy atom. The first-order chi connectivity index (χ1) is 9.45. The molecule has 1 aromatic heterocycles. The highest BCUT2D eigenvalue weighted by molar-refractivity contribution is 5.85. The van der Waals surface area contributed by atoms with Gasteiger partial charge >= 0.3 is 0 Å². The van der Waals surface area contributed by atoms with Crippen LogP contribution in [-0.4, -0.2) is 21.9 Å². The first-order valence-electron chi connectivity index (χ1n) is 6.74. The van der Waals surface area contributed by atoms with E-state index in [2.05, 4.69) is 16.3 Å². The van der Waals surface area contributed by atoms with Crippen molar-refractivity contribution in [1.82, 2.24) is 10.2 Å². The number of halogens is 1. The quantitative estimate of drug-likeness (QED) is 0.884. The molecule has 0 aliphatic heterocycles. The number of nitrogens with zero attached hydrogens (tertiary/aromatic N) is 2. The Morgan fingerprint density at radius 3 is 2.62 bits per heavy atom. The van der Waals surface area contributed by atoms with Crippen molar-refractivity contribution in [2.45, 2.75) is 32.7 Å². The Balaban J connectivity index is 0.00000220. The Labute approximate surface area is 131 Å². The van der Waals surface area contributed by atoms with E-state index >= 15 is 0 Å². The molecular weight excluding hydrogens is 290 g/mol. The normalized spacial score (nSPS) is 13.8. The van der Waals surface area contributed by atoms with Gasteiger partial charge in [-0.2, -0.15) is 0 Å². The first-order valence-corrected chi connectivity index (χ1v) is 6.74. The SMILES string of the molecule is Cc1cccc(Cc2nnc([C@@](N)(CO)C(C)C)o2)c1.Cl. The third-order valence-corrected chi connectivity index (χ3v) is 3.59. The van der Waals surface area contributed by atoms with Gasteiger partial charge in [0, 0.05) is 0 Å². The number of hydrogen-bond acceptors (Lipinski definition) is 5. The van der Waals surface area contributed by atoms with Gasteiger partial charge in [-0.1, -0.05) is 43.7 Å². The summed E-state index contributed by atoms with van der Waals surface area (Å²) in [6.45, 7) is 5.65. The maximum atomic E-state index is 9.49. The number of rotatable bonds is 5. The molecule has 1 heterocycles. The van der Waals surface area contributed by atoms with Gasteiger partial charge in [-0.25, -0.2) is 0 Å². The van der Waals surface area contributed by atoms with Crippen LogP contribution in [0.3, 0.4) is 0 Å². The van der Waals surface area contributed by atoms with Gasteiger partial charge in [0.1, 0.15) is 5.54 Å². The summed E-state index contributed by atoms with van der Waals surface area (Å²) in [5, 5.41) is 17.5. The molecule has 2 rings (SSSR count). The molecule has 0 saturated heterocycles. The third-order valence-electron chi connectivity index (χ3n) is 3.59. The number of benzene rings is 1. The number of aryl methyl sites for hydroxylation is 1. The smallest absolute Gasteiger partial charge is 0.238 e. The van der Waals surface area contributed by atoms with Crippen molar-refractivity contribution in [3.8, 4) is 0 Å². The van der Waals surface area contributed by atoms with E-state index in [-0.39, 0.29) is 30.8 Å². The van der Waals surface area contributed by atoms with Crippen molar-refractivity contribution in [2.75, 3.05) is 6.61 Å². The molecule has 21 heavy (non-hydrogen) atoms. The van der Waals surface area contributed by atoms with E-state index < -0.39 is 5.54 Å². The summed E-state index contributed by atoms with van der Waals surface area (Å²) < 4.78 is 5.64. The van der Waals surface area contributed by atoms with E-state index in [9.17, 15) is 5.11 Å². The van der Waals surface area contributed by atoms with Crippen molar-refractivity contribution in [2.24, 2.45) is 11.7 Å². The van der Waals surface area contributed by atoms with Gasteiger partial charge in [0.05, 0.1) is 13.0 Å². The van der Waals surface area contributed by atoms with Crippen molar-refractivity contribution in [3.05, 3.63) is 47.2 Å². The zero-order valence-corrected chi connectivity index (χ0v) is 13.4. The van der Waals surface area contributed by atoms with E-state index in [0.717, 1.165) is 5.56 Å². The first kappa shape index (κ1) is 17.6. The van der Waals surface area contributed by atoms with E-state index in [1.54, 1.807) is 0 Å². The van der Waals surface area contributed by atoms with Crippen LogP contribution in [0.15, 0.2) is 28.7 Å². The van der Waals surface area contributed by atoms with Crippen LogP contribution in [0.25, 0.3) is 0 Å². The lowest BCUT2D eigenvalue weighted by atomic mass is 9.88. The molecule has 116 valence electrons. The van der Waals surface area contributed by atoms with Crippen LogP contribution in [0.5, 0.6) is 0 Å². The van der Waals surface area contributed by atoms with Gasteiger partial charge in [-0.05, 0) is 18.4 Å². The second-order valence-electron chi connectivity index (χ2n) is 5.52. The molecule has 0 spiro atoms. The standard InChI is InChI=1S/C15H21N3O2.ClH/c1-10(2)15(16,9-19)14-18-17-13(20-14)8-12-6-4-5-11(3)7-12;/h4-7,10,19H,8-9,16H2,1-3H3;1H/t15-;/m1./s1. The molecule has 3 N–H and O–H groups in total. The van der Waals surface area contributed by atoms with Crippen molar-refractivity contribution < 1.29 is 9.52 Å². The Bertz CT molecular complexity index is 586. The maximum Gasteiger partial charge on any atom is 0.238 e. The third kappa shape index (κ3) is 3.81. The molecule has 0 amide bonds. The zero-order chi connectivity index (χ0) is 14.8. The van der Waals surface area contributed by atoms with E-state index in [1.807, 2.05) is 39.0 Å².